The maximum atomic E-state index is 12.3. The van der Waals surface area contributed by atoms with E-state index in [1.807, 2.05) is 31.2 Å². The molecular formula is C16H21NO4. The summed E-state index contributed by atoms with van der Waals surface area (Å²) in [5, 5.41) is 0. The van der Waals surface area contributed by atoms with Gasteiger partial charge in [-0.25, -0.2) is 0 Å². The Hall–Kier alpha value is -1.88. The van der Waals surface area contributed by atoms with Crippen LogP contribution in [0.15, 0.2) is 24.3 Å². The summed E-state index contributed by atoms with van der Waals surface area (Å²) in [6.07, 6.45) is 0.296. The van der Waals surface area contributed by atoms with Gasteiger partial charge in [-0.1, -0.05) is 29.8 Å². The first-order valence-corrected chi connectivity index (χ1v) is 7.10. The third kappa shape index (κ3) is 4.56. The molecule has 5 nitrogen and oxygen atoms in total. The van der Waals surface area contributed by atoms with E-state index < -0.39 is 0 Å². The van der Waals surface area contributed by atoms with E-state index >= 15 is 0 Å². The smallest absolute Gasteiger partial charge is 0.308 e. The number of esters is 1. The molecule has 1 atom stereocenters. The number of ether oxygens (including phenoxy) is 2. The van der Waals surface area contributed by atoms with Gasteiger partial charge in [0.05, 0.1) is 32.7 Å². The van der Waals surface area contributed by atoms with Crippen LogP contribution in [0.5, 0.6) is 0 Å². The first-order chi connectivity index (χ1) is 10.1. The summed E-state index contributed by atoms with van der Waals surface area (Å²) >= 11 is 0. The molecule has 1 amide bonds. The van der Waals surface area contributed by atoms with Gasteiger partial charge in [0.2, 0.25) is 5.91 Å². The average molecular weight is 291 g/mol. The maximum Gasteiger partial charge on any atom is 0.308 e. The van der Waals surface area contributed by atoms with Crippen molar-refractivity contribution in [1.82, 2.24) is 4.90 Å². The standard InChI is InChI=1S/C16H21NO4/c1-12-4-3-5-13(8-12)9-15(18)17-6-7-21-14(11-17)10-16(19)20-2/h3-5,8,14H,6-7,9-11H2,1-2H3. The Labute approximate surface area is 124 Å². The number of carbonyl (C=O) groups excluding carboxylic acids is 2. The molecule has 1 aliphatic rings. The normalized spacial score (nSPS) is 18.4. The lowest BCUT2D eigenvalue weighted by atomic mass is 10.1. The van der Waals surface area contributed by atoms with Gasteiger partial charge in [0, 0.05) is 13.1 Å². The molecule has 1 aromatic rings. The molecule has 1 saturated heterocycles. The zero-order valence-electron chi connectivity index (χ0n) is 12.5. The number of nitrogens with zero attached hydrogens (tertiary/aromatic N) is 1. The molecule has 21 heavy (non-hydrogen) atoms. The molecule has 1 fully saturated rings. The van der Waals surface area contributed by atoms with Gasteiger partial charge in [0.1, 0.15) is 0 Å². The van der Waals surface area contributed by atoms with Crippen molar-refractivity contribution in [3.63, 3.8) is 0 Å². The highest BCUT2D eigenvalue weighted by molar-refractivity contribution is 5.79. The Kier molecular flexibility index (Phi) is 5.33. The van der Waals surface area contributed by atoms with E-state index in [0.29, 0.717) is 26.1 Å². The predicted octanol–water partition coefficient (Wildman–Crippen LogP) is 1.33. The van der Waals surface area contributed by atoms with Gasteiger partial charge in [-0.2, -0.15) is 0 Å². The lowest BCUT2D eigenvalue weighted by Gasteiger charge is -2.32. The number of hydrogen-bond acceptors (Lipinski definition) is 4. The number of methoxy groups -OCH3 is 1. The van der Waals surface area contributed by atoms with Gasteiger partial charge < -0.3 is 14.4 Å². The van der Waals surface area contributed by atoms with E-state index in [0.717, 1.165) is 11.1 Å². The molecule has 0 N–H and O–H groups in total. The van der Waals surface area contributed by atoms with Crippen molar-refractivity contribution < 1.29 is 19.1 Å². The van der Waals surface area contributed by atoms with Gasteiger partial charge in [0.15, 0.2) is 0 Å². The fourth-order valence-corrected chi connectivity index (χ4v) is 2.45. The molecule has 0 spiro atoms. The van der Waals surface area contributed by atoms with Crippen LogP contribution in [-0.4, -0.2) is 49.7 Å². The quantitative estimate of drug-likeness (QED) is 0.785. The largest absolute Gasteiger partial charge is 0.469 e. The van der Waals surface area contributed by atoms with Crippen molar-refractivity contribution in [2.45, 2.75) is 25.9 Å². The lowest BCUT2D eigenvalue weighted by molar-refractivity contribution is -0.149. The fourth-order valence-electron chi connectivity index (χ4n) is 2.45. The van der Waals surface area contributed by atoms with Gasteiger partial charge in [-0.15, -0.1) is 0 Å². The summed E-state index contributed by atoms with van der Waals surface area (Å²) in [6.45, 7) is 3.48. The molecule has 1 heterocycles. The summed E-state index contributed by atoms with van der Waals surface area (Å²) in [4.78, 5) is 25.4. The Bertz CT molecular complexity index is 515. The number of benzene rings is 1. The zero-order valence-corrected chi connectivity index (χ0v) is 12.5. The summed E-state index contributed by atoms with van der Waals surface area (Å²) in [5.41, 5.74) is 2.15. The molecule has 1 aliphatic heterocycles. The Balaban J connectivity index is 1.91. The minimum Gasteiger partial charge on any atom is -0.469 e. The second-order valence-corrected chi connectivity index (χ2v) is 5.28. The third-order valence-corrected chi connectivity index (χ3v) is 3.55. The Morgan fingerprint density at radius 2 is 2.24 bits per heavy atom. The van der Waals surface area contributed by atoms with Gasteiger partial charge in [-0.05, 0) is 12.5 Å². The molecular weight excluding hydrogens is 270 g/mol. The van der Waals surface area contributed by atoms with Crippen molar-refractivity contribution in [3.8, 4) is 0 Å². The van der Waals surface area contributed by atoms with Crippen molar-refractivity contribution >= 4 is 11.9 Å². The Morgan fingerprint density at radius 3 is 2.95 bits per heavy atom. The second kappa shape index (κ2) is 7.22. The Morgan fingerprint density at radius 1 is 1.43 bits per heavy atom. The van der Waals surface area contributed by atoms with Crippen LogP contribution >= 0.6 is 0 Å². The first kappa shape index (κ1) is 15.5. The second-order valence-electron chi connectivity index (χ2n) is 5.28. The monoisotopic (exact) mass is 291 g/mol. The molecule has 0 radical (unpaired) electrons. The van der Waals surface area contributed by atoms with E-state index in [-0.39, 0.29) is 24.4 Å². The zero-order chi connectivity index (χ0) is 15.2. The van der Waals surface area contributed by atoms with E-state index in [1.165, 1.54) is 7.11 Å². The van der Waals surface area contributed by atoms with Crippen LogP contribution < -0.4 is 0 Å². The minimum atomic E-state index is -0.312. The van der Waals surface area contributed by atoms with Crippen LogP contribution in [0.4, 0.5) is 0 Å². The molecule has 0 bridgehead atoms. The van der Waals surface area contributed by atoms with Crippen LogP contribution in [-0.2, 0) is 25.5 Å². The highest BCUT2D eigenvalue weighted by Crippen LogP contribution is 2.12. The van der Waals surface area contributed by atoms with Crippen LogP contribution in [0.3, 0.4) is 0 Å². The lowest BCUT2D eigenvalue weighted by Crippen LogP contribution is -2.46. The summed E-state index contributed by atoms with van der Waals surface area (Å²) in [6, 6.07) is 7.94. The van der Waals surface area contributed by atoms with E-state index in [1.54, 1.807) is 4.90 Å². The maximum absolute atomic E-state index is 12.3. The number of aryl methyl sites for hydroxylation is 1. The summed E-state index contributed by atoms with van der Waals surface area (Å²) < 4.78 is 10.1. The van der Waals surface area contributed by atoms with Gasteiger partial charge in [-0.3, -0.25) is 9.59 Å². The molecule has 114 valence electrons. The number of carbonyl (C=O) groups is 2. The van der Waals surface area contributed by atoms with Crippen molar-refractivity contribution in [2.24, 2.45) is 0 Å². The summed E-state index contributed by atoms with van der Waals surface area (Å²) in [5.74, 6) is -0.244. The van der Waals surface area contributed by atoms with E-state index in [4.69, 9.17) is 4.74 Å². The third-order valence-electron chi connectivity index (χ3n) is 3.55. The topological polar surface area (TPSA) is 55.8 Å². The molecule has 5 heteroatoms. The highest BCUT2D eigenvalue weighted by atomic mass is 16.5. The summed E-state index contributed by atoms with van der Waals surface area (Å²) in [7, 11) is 1.35. The van der Waals surface area contributed by atoms with Crippen LogP contribution in [0.2, 0.25) is 0 Å². The molecule has 0 aromatic heterocycles. The predicted molar refractivity (Wildman–Crippen MR) is 77.8 cm³/mol. The highest BCUT2D eigenvalue weighted by Gasteiger charge is 2.26. The van der Waals surface area contributed by atoms with Crippen LogP contribution in [0.25, 0.3) is 0 Å². The molecule has 1 unspecified atom stereocenters. The SMILES string of the molecule is COC(=O)CC1CN(C(=O)Cc2cccc(C)c2)CCO1. The van der Waals surface area contributed by atoms with Crippen LogP contribution in [0.1, 0.15) is 17.5 Å². The number of rotatable bonds is 4. The van der Waals surface area contributed by atoms with Gasteiger partial charge in [0.25, 0.3) is 0 Å². The molecule has 0 saturated carbocycles. The minimum absolute atomic E-state index is 0.0683. The average Bonchev–Trinajstić information content (AvgIpc) is 2.47. The van der Waals surface area contributed by atoms with Crippen molar-refractivity contribution in [1.29, 1.82) is 0 Å². The molecule has 0 aliphatic carbocycles. The van der Waals surface area contributed by atoms with E-state index in [9.17, 15) is 9.59 Å². The number of amides is 1. The molecule has 1 aromatic carbocycles. The van der Waals surface area contributed by atoms with Crippen LogP contribution in [0, 0.1) is 6.92 Å². The van der Waals surface area contributed by atoms with E-state index in [2.05, 4.69) is 4.74 Å². The fraction of sp³-hybridized carbons (Fsp3) is 0.500. The number of hydrogen-bond donors (Lipinski definition) is 0. The number of morpholine rings is 1. The van der Waals surface area contributed by atoms with Crippen molar-refractivity contribution in [3.05, 3.63) is 35.4 Å². The van der Waals surface area contributed by atoms with Gasteiger partial charge >= 0.3 is 5.97 Å². The first-order valence-electron chi connectivity index (χ1n) is 7.10. The van der Waals surface area contributed by atoms with Crippen molar-refractivity contribution in [2.75, 3.05) is 26.8 Å². The molecule has 2 rings (SSSR count).